The van der Waals surface area contributed by atoms with E-state index in [0.29, 0.717) is 19.0 Å². The number of amides is 2. The van der Waals surface area contributed by atoms with Crippen LogP contribution in [-0.4, -0.2) is 38.2 Å². The zero-order chi connectivity index (χ0) is 17.6. The van der Waals surface area contributed by atoms with E-state index in [4.69, 9.17) is 0 Å². The number of carbonyl (C=O) groups is 2. The van der Waals surface area contributed by atoms with Gasteiger partial charge in [-0.15, -0.1) is 11.3 Å². The highest BCUT2D eigenvalue weighted by Gasteiger charge is 2.22. The van der Waals surface area contributed by atoms with Crippen molar-refractivity contribution in [2.24, 2.45) is 5.92 Å². The van der Waals surface area contributed by atoms with Crippen LogP contribution < -0.4 is 4.72 Å². The lowest BCUT2D eigenvalue weighted by Crippen LogP contribution is -2.37. The first-order valence-corrected chi connectivity index (χ1v) is 9.91. The van der Waals surface area contributed by atoms with E-state index in [1.807, 2.05) is 4.72 Å². The highest BCUT2D eigenvalue weighted by Crippen LogP contribution is 2.23. The number of rotatable bonds is 8. The fourth-order valence-electron chi connectivity index (χ4n) is 2.08. The molecule has 1 aromatic rings. The van der Waals surface area contributed by atoms with Crippen molar-refractivity contribution in [1.82, 2.24) is 9.62 Å². The molecule has 0 unspecified atom stereocenters. The van der Waals surface area contributed by atoms with E-state index in [-0.39, 0.29) is 10.1 Å². The predicted molar refractivity (Wildman–Crippen MR) is 90.7 cm³/mol. The highest BCUT2D eigenvalue weighted by molar-refractivity contribution is 7.92. The minimum Gasteiger partial charge on any atom is -0.343 e. The first kappa shape index (κ1) is 19.6. The fraction of sp³-hybridized carbons (Fsp3) is 0.600. The van der Waals surface area contributed by atoms with Crippen LogP contribution in [0, 0.1) is 5.92 Å². The van der Waals surface area contributed by atoms with Crippen molar-refractivity contribution in [1.29, 1.82) is 0 Å². The third kappa shape index (κ3) is 5.95. The number of sulfonamides is 1. The van der Waals surface area contributed by atoms with E-state index in [1.54, 1.807) is 19.9 Å². The Morgan fingerprint density at radius 2 is 1.83 bits per heavy atom. The van der Waals surface area contributed by atoms with Crippen molar-refractivity contribution in [3.63, 3.8) is 0 Å². The Hall–Kier alpha value is -1.41. The lowest BCUT2D eigenvalue weighted by molar-refractivity contribution is -0.135. The quantitative estimate of drug-likeness (QED) is 0.719. The standard InChI is InChI=1S/C15H24N2O4S2/c1-5-17(6-2)14(19)10-13(18)16-23(20,21)15-8-7-12(22-15)9-11(3)4/h7-8,11H,5-6,9-10H2,1-4H3,(H,16,18). The molecule has 130 valence electrons. The molecule has 0 aliphatic heterocycles. The maximum atomic E-state index is 12.2. The smallest absolute Gasteiger partial charge is 0.273 e. The van der Waals surface area contributed by atoms with Gasteiger partial charge in [-0.3, -0.25) is 9.59 Å². The molecular weight excluding hydrogens is 336 g/mol. The average molecular weight is 361 g/mol. The fourth-order valence-corrected chi connectivity index (χ4v) is 4.63. The summed E-state index contributed by atoms with van der Waals surface area (Å²) in [6.07, 6.45) is 0.319. The normalized spacial score (nSPS) is 11.5. The summed E-state index contributed by atoms with van der Waals surface area (Å²) in [5.41, 5.74) is 0. The molecule has 2 amide bonds. The summed E-state index contributed by atoms with van der Waals surface area (Å²) >= 11 is 1.15. The summed E-state index contributed by atoms with van der Waals surface area (Å²) < 4.78 is 26.4. The van der Waals surface area contributed by atoms with Gasteiger partial charge in [-0.25, -0.2) is 13.1 Å². The van der Waals surface area contributed by atoms with Crippen LogP contribution in [0.25, 0.3) is 0 Å². The summed E-state index contributed by atoms with van der Waals surface area (Å²) in [6, 6.07) is 3.25. The van der Waals surface area contributed by atoms with Crippen LogP contribution in [0.3, 0.4) is 0 Å². The molecule has 6 nitrogen and oxygen atoms in total. The maximum absolute atomic E-state index is 12.2. The van der Waals surface area contributed by atoms with Gasteiger partial charge in [0.15, 0.2) is 0 Å². The number of nitrogens with zero attached hydrogens (tertiary/aromatic N) is 1. The van der Waals surface area contributed by atoms with Crippen molar-refractivity contribution < 1.29 is 18.0 Å². The van der Waals surface area contributed by atoms with E-state index >= 15 is 0 Å². The maximum Gasteiger partial charge on any atom is 0.273 e. The van der Waals surface area contributed by atoms with Crippen LogP contribution in [-0.2, 0) is 26.0 Å². The molecule has 8 heteroatoms. The summed E-state index contributed by atoms with van der Waals surface area (Å²) in [7, 11) is -3.91. The van der Waals surface area contributed by atoms with Gasteiger partial charge in [0.1, 0.15) is 10.6 Å². The van der Waals surface area contributed by atoms with Gasteiger partial charge >= 0.3 is 0 Å². The zero-order valence-electron chi connectivity index (χ0n) is 14.0. The summed E-state index contributed by atoms with van der Waals surface area (Å²) in [6.45, 7) is 8.68. The Kier molecular flexibility index (Phi) is 7.21. The lowest BCUT2D eigenvalue weighted by Gasteiger charge is -2.18. The minimum absolute atomic E-state index is 0.0942. The Bertz CT molecular complexity index is 646. The number of carbonyl (C=O) groups excluding carboxylic acids is 2. The molecule has 0 spiro atoms. The molecule has 1 rings (SSSR count). The molecule has 23 heavy (non-hydrogen) atoms. The molecule has 0 saturated carbocycles. The Morgan fingerprint density at radius 1 is 1.22 bits per heavy atom. The molecular formula is C15H24N2O4S2. The van der Waals surface area contributed by atoms with Gasteiger partial charge in [0.05, 0.1) is 0 Å². The molecule has 1 heterocycles. The topological polar surface area (TPSA) is 83.6 Å². The third-order valence-electron chi connectivity index (χ3n) is 3.19. The first-order chi connectivity index (χ1) is 10.7. The summed E-state index contributed by atoms with van der Waals surface area (Å²) in [5, 5.41) is 0. The zero-order valence-corrected chi connectivity index (χ0v) is 15.6. The van der Waals surface area contributed by atoms with Crippen LogP contribution in [0.5, 0.6) is 0 Å². The molecule has 0 aliphatic carbocycles. The van der Waals surface area contributed by atoms with Gasteiger partial charge < -0.3 is 4.90 Å². The van der Waals surface area contributed by atoms with Crippen molar-refractivity contribution in [3.8, 4) is 0 Å². The highest BCUT2D eigenvalue weighted by atomic mass is 32.2. The monoisotopic (exact) mass is 360 g/mol. The van der Waals surface area contributed by atoms with E-state index in [2.05, 4.69) is 13.8 Å². The second-order valence-corrected chi connectivity index (χ2v) is 8.67. The molecule has 1 N–H and O–H groups in total. The van der Waals surface area contributed by atoms with Crippen LogP contribution >= 0.6 is 11.3 Å². The molecule has 0 saturated heterocycles. The van der Waals surface area contributed by atoms with Crippen LogP contribution in [0.2, 0.25) is 0 Å². The number of hydrogen-bond donors (Lipinski definition) is 1. The molecule has 0 radical (unpaired) electrons. The van der Waals surface area contributed by atoms with Gasteiger partial charge in [0.25, 0.3) is 10.0 Å². The Labute approximate surface area is 141 Å². The number of nitrogens with one attached hydrogen (secondary N) is 1. The molecule has 0 fully saturated rings. The van der Waals surface area contributed by atoms with Gasteiger partial charge in [-0.2, -0.15) is 0 Å². The SMILES string of the molecule is CCN(CC)C(=O)CC(=O)NS(=O)(=O)c1ccc(CC(C)C)s1. The largest absolute Gasteiger partial charge is 0.343 e. The predicted octanol–water partition coefficient (Wildman–Crippen LogP) is 2.01. The minimum atomic E-state index is -3.91. The van der Waals surface area contributed by atoms with E-state index in [0.717, 1.165) is 22.6 Å². The van der Waals surface area contributed by atoms with E-state index in [1.165, 1.54) is 11.0 Å². The average Bonchev–Trinajstić information content (AvgIpc) is 2.87. The van der Waals surface area contributed by atoms with Crippen molar-refractivity contribution >= 4 is 33.2 Å². The summed E-state index contributed by atoms with van der Waals surface area (Å²) in [4.78, 5) is 26.1. The first-order valence-electron chi connectivity index (χ1n) is 7.61. The molecule has 0 aromatic carbocycles. The van der Waals surface area contributed by atoms with Crippen molar-refractivity contribution in [2.45, 2.75) is 44.7 Å². The van der Waals surface area contributed by atoms with Crippen LogP contribution in [0.4, 0.5) is 0 Å². The van der Waals surface area contributed by atoms with Gasteiger partial charge in [0.2, 0.25) is 11.8 Å². The van der Waals surface area contributed by atoms with E-state index in [9.17, 15) is 18.0 Å². The van der Waals surface area contributed by atoms with Gasteiger partial charge in [0, 0.05) is 18.0 Å². The van der Waals surface area contributed by atoms with E-state index < -0.39 is 22.4 Å². The molecule has 1 aromatic heterocycles. The van der Waals surface area contributed by atoms with Crippen LogP contribution in [0.1, 0.15) is 39.0 Å². The van der Waals surface area contributed by atoms with Crippen LogP contribution in [0.15, 0.2) is 16.3 Å². The van der Waals surface area contributed by atoms with Gasteiger partial charge in [-0.1, -0.05) is 13.8 Å². The summed E-state index contributed by atoms with van der Waals surface area (Å²) in [5.74, 6) is -0.763. The second kappa shape index (κ2) is 8.44. The number of thiophene rings is 1. The lowest BCUT2D eigenvalue weighted by atomic mass is 10.1. The Morgan fingerprint density at radius 3 is 2.35 bits per heavy atom. The Balaban J connectivity index is 2.72. The van der Waals surface area contributed by atoms with Crippen molar-refractivity contribution in [2.75, 3.05) is 13.1 Å². The number of hydrogen-bond acceptors (Lipinski definition) is 5. The second-order valence-electron chi connectivity index (χ2n) is 5.59. The van der Waals surface area contributed by atoms with Crippen molar-refractivity contribution in [3.05, 3.63) is 17.0 Å². The van der Waals surface area contributed by atoms with Gasteiger partial charge in [-0.05, 0) is 38.3 Å². The third-order valence-corrected chi connectivity index (χ3v) is 6.16. The molecule has 0 atom stereocenters. The molecule has 0 aliphatic rings. The molecule has 0 bridgehead atoms.